The van der Waals surface area contributed by atoms with Gasteiger partial charge in [-0.1, -0.05) is 140 Å². The van der Waals surface area contributed by atoms with E-state index in [1.54, 1.807) is 0 Å². The van der Waals surface area contributed by atoms with Crippen LogP contribution in [0.5, 0.6) is 0 Å². The lowest BCUT2D eigenvalue weighted by atomic mass is 10.0. The standard InChI is InChI=1S/C54H36N2OS/c1-4-14-37(15-5-1)39-24-28-42(29-25-39)55(43-30-26-40(27-31-43)38-16-6-2-7-17-38)48-33-34-49(54-53(48)46-21-10-12-22-50(46)57-54)56(41-18-8-3-9-19-41)44-32-35-52-47(36-44)45-20-11-13-23-51(45)58-52/h1-36H. The van der Waals surface area contributed by atoms with Gasteiger partial charge in [0.2, 0.25) is 0 Å². The Balaban J connectivity index is 1.14. The van der Waals surface area contributed by atoms with Crippen LogP contribution >= 0.6 is 11.3 Å². The molecule has 2 heterocycles. The van der Waals surface area contributed by atoms with Crippen molar-refractivity contribution < 1.29 is 4.42 Å². The molecule has 0 unspecified atom stereocenters. The van der Waals surface area contributed by atoms with Crippen molar-refractivity contribution in [1.29, 1.82) is 0 Å². The molecule has 0 atom stereocenters. The number of hydrogen-bond donors (Lipinski definition) is 0. The fraction of sp³-hybridized carbons (Fsp3) is 0. The number of furan rings is 1. The number of benzene rings is 9. The number of fused-ring (bicyclic) bond motifs is 6. The quantitative estimate of drug-likeness (QED) is 0.154. The zero-order chi connectivity index (χ0) is 38.4. The second-order valence-corrected chi connectivity index (χ2v) is 15.6. The maximum absolute atomic E-state index is 7.00. The van der Waals surface area contributed by atoms with Gasteiger partial charge >= 0.3 is 0 Å². The van der Waals surface area contributed by atoms with E-state index >= 15 is 0 Å². The maximum Gasteiger partial charge on any atom is 0.161 e. The summed E-state index contributed by atoms with van der Waals surface area (Å²) in [5.74, 6) is 0. The van der Waals surface area contributed by atoms with E-state index in [0.29, 0.717) is 0 Å². The summed E-state index contributed by atoms with van der Waals surface area (Å²) in [7, 11) is 0. The molecule has 11 aromatic rings. The van der Waals surface area contributed by atoms with Crippen LogP contribution in [0.1, 0.15) is 0 Å². The molecule has 0 amide bonds. The van der Waals surface area contributed by atoms with Crippen molar-refractivity contribution >= 4 is 87.6 Å². The van der Waals surface area contributed by atoms with Crippen molar-refractivity contribution in [2.75, 3.05) is 9.80 Å². The summed E-state index contributed by atoms with van der Waals surface area (Å²) < 4.78 is 9.56. The molecule has 58 heavy (non-hydrogen) atoms. The third-order valence-electron chi connectivity index (χ3n) is 11.1. The molecule has 2 aromatic heterocycles. The van der Waals surface area contributed by atoms with Crippen LogP contribution in [0.3, 0.4) is 0 Å². The average Bonchev–Trinajstić information content (AvgIpc) is 3.88. The lowest BCUT2D eigenvalue weighted by molar-refractivity contribution is 0.669. The van der Waals surface area contributed by atoms with Crippen LogP contribution in [0.15, 0.2) is 223 Å². The Morgan fingerprint density at radius 2 is 0.793 bits per heavy atom. The minimum atomic E-state index is 0.824. The fourth-order valence-corrected chi connectivity index (χ4v) is 9.40. The second kappa shape index (κ2) is 14.3. The highest BCUT2D eigenvalue weighted by atomic mass is 32.1. The minimum Gasteiger partial charge on any atom is -0.454 e. The predicted molar refractivity (Wildman–Crippen MR) is 247 cm³/mol. The first kappa shape index (κ1) is 33.9. The Morgan fingerprint density at radius 1 is 0.328 bits per heavy atom. The van der Waals surface area contributed by atoms with E-state index in [9.17, 15) is 0 Å². The van der Waals surface area contributed by atoms with Crippen molar-refractivity contribution in [3.05, 3.63) is 218 Å². The van der Waals surface area contributed by atoms with Gasteiger partial charge in [0.15, 0.2) is 5.58 Å². The van der Waals surface area contributed by atoms with Gasteiger partial charge in [-0.25, -0.2) is 0 Å². The van der Waals surface area contributed by atoms with Gasteiger partial charge in [0, 0.05) is 48.3 Å². The highest BCUT2D eigenvalue weighted by Crippen LogP contribution is 2.49. The van der Waals surface area contributed by atoms with E-state index in [0.717, 1.165) is 56.1 Å². The molecule has 0 aliphatic heterocycles. The van der Waals surface area contributed by atoms with E-state index in [1.807, 2.05) is 11.3 Å². The van der Waals surface area contributed by atoms with Crippen LogP contribution in [0.25, 0.3) is 64.4 Å². The summed E-state index contributed by atoms with van der Waals surface area (Å²) in [5.41, 5.74) is 12.6. The van der Waals surface area contributed by atoms with E-state index < -0.39 is 0 Å². The van der Waals surface area contributed by atoms with Crippen LogP contribution in [0, 0.1) is 0 Å². The van der Waals surface area contributed by atoms with Crippen LogP contribution in [-0.2, 0) is 0 Å². The van der Waals surface area contributed by atoms with Gasteiger partial charge in [0.05, 0.1) is 16.8 Å². The molecular formula is C54H36N2OS. The highest BCUT2D eigenvalue weighted by Gasteiger charge is 2.25. The van der Waals surface area contributed by atoms with Crippen molar-refractivity contribution in [3.63, 3.8) is 0 Å². The summed E-state index contributed by atoms with van der Waals surface area (Å²) in [6.45, 7) is 0. The van der Waals surface area contributed by atoms with Gasteiger partial charge in [-0.3, -0.25) is 0 Å². The molecule has 4 heteroatoms. The third-order valence-corrected chi connectivity index (χ3v) is 12.2. The SMILES string of the molecule is c1ccc(-c2ccc(N(c3ccc(-c4ccccc4)cc3)c3ccc(N(c4ccccc4)c4ccc5sc6ccccc6c5c4)c4oc5ccccc5c34)cc2)cc1. The number of para-hydroxylation sites is 2. The molecule has 0 radical (unpaired) electrons. The Kier molecular flexibility index (Phi) is 8.34. The normalized spacial score (nSPS) is 11.4. The molecule has 0 spiro atoms. The molecule has 0 saturated carbocycles. The van der Waals surface area contributed by atoms with Gasteiger partial charge in [-0.15, -0.1) is 11.3 Å². The number of anilines is 6. The van der Waals surface area contributed by atoms with E-state index in [4.69, 9.17) is 4.42 Å². The molecule has 274 valence electrons. The molecule has 11 rings (SSSR count). The molecule has 9 aromatic carbocycles. The topological polar surface area (TPSA) is 19.6 Å². The van der Waals surface area contributed by atoms with E-state index in [-0.39, 0.29) is 0 Å². The van der Waals surface area contributed by atoms with Crippen molar-refractivity contribution in [2.24, 2.45) is 0 Å². The van der Waals surface area contributed by atoms with Gasteiger partial charge in [0.25, 0.3) is 0 Å². The zero-order valence-electron chi connectivity index (χ0n) is 31.5. The summed E-state index contributed by atoms with van der Waals surface area (Å²) >= 11 is 1.84. The molecule has 3 nitrogen and oxygen atoms in total. The summed E-state index contributed by atoms with van der Waals surface area (Å²) in [6, 6.07) is 77.9. The van der Waals surface area contributed by atoms with Crippen molar-refractivity contribution in [3.8, 4) is 22.3 Å². The summed E-state index contributed by atoms with van der Waals surface area (Å²) in [4.78, 5) is 4.71. The first-order chi connectivity index (χ1) is 28.8. The summed E-state index contributed by atoms with van der Waals surface area (Å²) in [6.07, 6.45) is 0. The molecule has 0 N–H and O–H groups in total. The van der Waals surface area contributed by atoms with Crippen LogP contribution in [0.4, 0.5) is 34.1 Å². The van der Waals surface area contributed by atoms with Gasteiger partial charge in [-0.05, 0) is 101 Å². The van der Waals surface area contributed by atoms with Crippen molar-refractivity contribution in [2.45, 2.75) is 0 Å². The number of thiophene rings is 1. The average molecular weight is 761 g/mol. The van der Waals surface area contributed by atoms with Crippen LogP contribution in [-0.4, -0.2) is 0 Å². The molecular weight excluding hydrogens is 725 g/mol. The monoisotopic (exact) mass is 760 g/mol. The van der Waals surface area contributed by atoms with Crippen LogP contribution in [0.2, 0.25) is 0 Å². The Hall–Kier alpha value is -7.40. The fourth-order valence-electron chi connectivity index (χ4n) is 8.31. The molecule has 0 saturated heterocycles. The van der Waals surface area contributed by atoms with Crippen molar-refractivity contribution in [1.82, 2.24) is 0 Å². The van der Waals surface area contributed by atoms with Gasteiger partial charge in [-0.2, -0.15) is 0 Å². The smallest absolute Gasteiger partial charge is 0.161 e. The molecule has 0 aliphatic carbocycles. The minimum absolute atomic E-state index is 0.824. The first-order valence-corrected chi connectivity index (χ1v) is 20.4. The van der Waals surface area contributed by atoms with E-state index in [2.05, 4.69) is 228 Å². The maximum atomic E-state index is 7.00. The number of nitrogens with zero attached hydrogens (tertiary/aromatic N) is 2. The first-order valence-electron chi connectivity index (χ1n) is 19.6. The lowest BCUT2D eigenvalue weighted by Gasteiger charge is -2.29. The molecule has 0 aliphatic rings. The highest BCUT2D eigenvalue weighted by molar-refractivity contribution is 7.25. The number of rotatable bonds is 8. The summed E-state index contributed by atoms with van der Waals surface area (Å²) in [5, 5.41) is 4.64. The Bertz CT molecular complexity index is 3120. The second-order valence-electron chi connectivity index (χ2n) is 14.5. The predicted octanol–water partition coefficient (Wildman–Crippen LogP) is 16.2. The Morgan fingerprint density at radius 3 is 1.45 bits per heavy atom. The van der Waals surface area contributed by atoms with Gasteiger partial charge < -0.3 is 14.2 Å². The Labute approximate surface area is 340 Å². The van der Waals surface area contributed by atoms with E-state index in [1.165, 1.54) is 42.4 Å². The lowest BCUT2D eigenvalue weighted by Crippen LogP contribution is -2.13. The molecule has 0 bridgehead atoms. The largest absolute Gasteiger partial charge is 0.454 e. The van der Waals surface area contributed by atoms with Gasteiger partial charge in [0.1, 0.15) is 5.58 Å². The zero-order valence-corrected chi connectivity index (χ0v) is 32.3. The number of hydrogen-bond acceptors (Lipinski definition) is 4. The van der Waals surface area contributed by atoms with Crippen LogP contribution < -0.4 is 9.80 Å². The third kappa shape index (κ3) is 5.90. The molecule has 0 fully saturated rings.